The molecule has 0 aliphatic heterocycles. The van der Waals surface area contributed by atoms with Crippen molar-refractivity contribution in [3.63, 3.8) is 0 Å². The topological polar surface area (TPSA) is 94.0 Å². The van der Waals surface area contributed by atoms with Gasteiger partial charge in [-0.15, -0.1) is 10.2 Å². The molecule has 0 aliphatic carbocycles. The largest absolute Gasteiger partial charge is 0.370 e. The Kier molecular flexibility index (Phi) is 3.23. The van der Waals surface area contributed by atoms with Crippen LogP contribution < -0.4 is 11.1 Å². The van der Waals surface area contributed by atoms with Gasteiger partial charge in [-0.2, -0.15) is 4.80 Å². The Hall–Kier alpha value is -1.66. The Morgan fingerprint density at radius 2 is 2.20 bits per heavy atom. The molecule has 84 valence electrons. The van der Waals surface area contributed by atoms with Crippen molar-refractivity contribution in [3.8, 4) is 0 Å². The van der Waals surface area contributed by atoms with Crippen LogP contribution in [0.25, 0.3) is 0 Å². The average Bonchev–Trinajstić information content (AvgIpc) is 2.45. The Bertz CT molecular complexity index is 346. The maximum absolute atomic E-state index is 5.67. The van der Waals surface area contributed by atoms with E-state index in [4.69, 9.17) is 5.73 Å². The van der Waals surface area contributed by atoms with Crippen molar-refractivity contribution < 1.29 is 0 Å². The number of hydrogen-bond donors (Lipinski definition) is 2. The quantitative estimate of drug-likeness (QED) is 0.504. The molecule has 0 unspecified atom stereocenters. The van der Waals surface area contributed by atoms with E-state index >= 15 is 0 Å². The highest BCUT2D eigenvalue weighted by Gasteiger charge is 2.09. The van der Waals surface area contributed by atoms with Crippen LogP contribution in [0.1, 0.15) is 26.6 Å². The molecule has 15 heavy (non-hydrogen) atoms. The molecule has 7 heteroatoms. The van der Waals surface area contributed by atoms with Gasteiger partial charge in [-0.05, 0) is 26.0 Å². The summed E-state index contributed by atoms with van der Waals surface area (Å²) in [5, 5.41) is 14.5. The number of aliphatic imine (C=N–C) groups is 1. The molecular weight excluding hydrogens is 194 g/mol. The van der Waals surface area contributed by atoms with Crippen LogP contribution in [0.2, 0.25) is 0 Å². The van der Waals surface area contributed by atoms with Gasteiger partial charge in [0.1, 0.15) is 6.54 Å². The summed E-state index contributed by atoms with van der Waals surface area (Å²) >= 11 is 0. The van der Waals surface area contributed by atoms with E-state index in [1.54, 1.807) is 7.05 Å². The van der Waals surface area contributed by atoms with Crippen LogP contribution in [0, 0.1) is 0 Å². The van der Waals surface area contributed by atoms with E-state index < -0.39 is 0 Å². The lowest BCUT2D eigenvalue weighted by molar-refractivity contribution is 0.508. The van der Waals surface area contributed by atoms with Crippen LogP contribution >= 0.6 is 0 Å². The van der Waals surface area contributed by atoms with Gasteiger partial charge in [-0.25, -0.2) is 4.99 Å². The summed E-state index contributed by atoms with van der Waals surface area (Å²) < 4.78 is 0. The fourth-order valence-corrected chi connectivity index (χ4v) is 0.966. The van der Waals surface area contributed by atoms with Gasteiger partial charge in [-0.3, -0.25) is 0 Å². The molecule has 3 N–H and O–H groups in total. The summed E-state index contributed by atoms with van der Waals surface area (Å²) in [5.41, 5.74) is 5.58. The molecule has 0 fully saturated rings. The van der Waals surface area contributed by atoms with E-state index in [2.05, 4.69) is 25.7 Å². The molecule has 1 aromatic rings. The Morgan fingerprint density at radius 1 is 1.53 bits per heavy atom. The van der Waals surface area contributed by atoms with Crippen LogP contribution in [-0.2, 0) is 13.6 Å². The normalized spacial score (nSPS) is 12.9. The first-order chi connectivity index (χ1) is 6.87. The standard InChI is InChI=1S/C8H17N7/c1-8(2,3)11-7(9)10-5-6-12-14-15(4)13-6/h5H2,1-4H3,(H3,9,10,11). The molecule has 0 saturated carbocycles. The molecule has 0 aromatic carbocycles. The fourth-order valence-electron chi connectivity index (χ4n) is 0.966. The zero-order valence-electron chi connectivity index (χ0n) is 9.52. The highest BCUT2D eigenvalue weighted by Crippen LogP contribution is 1.97. The monoisotopic (exact) mass is 211 g/mol. The van der Waals surface area contributed by atoms with Crippen molar-refractivity contribution in [1.82, 2.24) is 25.5 Å². The number of aryl methyl sites for hydroxylation is 1. The van der Waals surface area contributed by atoms with E-state index in [1.165, 1.54) is 4.80 Å². The predicted octanol–water partition coefficient (Wildman–Crippen LogP) is -0.587. The predicted molar refractivity (Wildman–Crippen MR) is 57.0 cm³/mol. The first kappa shape index (κ1) is 11.4. The van der Waals surface area contributed by atoms with Crippen molar-refractivity contribution in [2.75, 3.05) is 0 Å². The number of guanidine groups is 1. The summed E-state index contributed by atoms with van der Waals surface area (Å²) in [6, 6.07) is 0. The van der Waals surface area contributed by atoms with Crippen molar-refractivity contribution >= 4 is 5.96 Å². The second-order valence-corrected chi connectivity index (χ2v) is 4.27. The summed E-state index contributed by atoms with van der Waals surface area (Å²) in [6.07, 6.45) is 0. The smallest absolute Gasteiger partial charge is 0.196 e. The van der Waals surface area contributed by atoms with Crippen LogP contribution in [0.3, 0.4) is 0 Å². The summed E-state index contributed by atoms with van der Waals surface area (Å²) in [7, 11) is 1.71. The van der Waals surface area contributed by atoms with Crippen LogP contribution in [0.4, 0.5) is 0 Å². The summed E-state index contributed by atoms with van der Waals surface area (Å²) in [4.78, 5) is 5.49. The first-order valence-electron chi connectivity index (χ1n) is 4.68. The van der Waals surface area contributed by atoms with Gasteiger partial charge in [-0.1, -0.05) is 0 Å². The molecule has 0 aliphatic rings. The summed E-state index contributed by atoms with van der Waals surface area (Å²) in [6.45, 7) is 6.37. The number of hydrogen-bond acceptors (Lipinski definition) is 4. The molecule has 0 amide bonds. The SMILES string of the molecule is Cn1nnc(CN=C(N)NC(C)(C)C)n1. The summed E-state index contributed by atoms with van der Waals surface area (Å²) in [5.74, 6) is 0.936. The highest BCUT2D eigenvalue weighted by atomic mass is 15.6. The van der Waals surface area contributed by atoms with E-state index in [1.807, 2.05) is 20.8 Å². The minimum Gasteiger partial charge on any atom is -0.370 e. The van der Waals surface area contributed by atoms with E-state index in [0.717, 1.165) is 0 Å². The van der Waals surface area contributed by atoms with Gasteiger partial charge in [0.05, 0.1) is 7.05 Å². The third-order valence-corrected chi connectivity index (χ3v) is 1.44. The number of aromatic nitrogens is 4. The lowest BCUT2D eigenvalue weighted by atomic mass is 10.1. The molecule has 0 radical (unpaired) electrons. The van der Waals surface area contributed by atoms with Gasteiger partial charge in [0.2, 0.25) is 0 Å². The zero-order chi connectivity index (χ0) is 11.5. The minimum atomic E-state index is -0.0939. The van der Waals surface area contributed by atoms with Crippen molar-refractivity contribution in [2.24, 2.45) is 17.8 Å². The van der Waals surface area contributed by atoms with Gasteiger partial charge >= 0.3 is 0 Å². The maximum atomic E-state index is 5.67. The molecule has 1 heterocycles. The second kappa shape index (κ2) is 4.24. The zero-order valence-corrected chi connectivity index (χ0v) is 9.52. The van der Waals surface area contributed by atoms with Gasteiger partial charge < -0.3 is 11.1 Å². The van der Waals surface area contributed by atoms with E-state index in [0.29, 0.717) is 18.3 Å². The van der Waals surface area contributed by atoms with Gasteiger partial charge in [0.15, 0.2) is 11.8 Å². The molecule has 0 atom stereocenters. The van der Waals surface area contributed by atoms with Crippen molar-refractivity contribution in [1.29, 1.82) is 0 Å². The minimum absolute atomic E-state index is 0.0939. The number of rotatable bonds is 2. The highest BCUT2D eigenvalue weighted by molar-refractivity contribution is 5.78. The van der Waals surface area contributed by atoms with Gasteiger partial charge in [0, 0.05) is 5.54 Å². The first-order valence-corrected chi connectivity index (χ1v) is 4.68. The Balaban J connectivity index is 2.51. The van der Waals surface area contributed by atoms with E-state index in [-0.39, 0.29) is 5.54 Å². The second-order valence-electron chi connectivity index (χ2n) is 4.27. The number of nitrogens with zero attached hydrogens (tertiary/aromatic N) is 5. The lowest BCUT2D eigenvalue weighted by Gasteiger charge is -2.20. The molecule has 1 aromatic heterocycles. The van der Waals surface area contributed by atoms with Crippen LogP contribution in [0.5, 0.6) is 0 Å². The third kappa shape index (κ3) is 4.39. The Morgan fingerprint density at radius 3 is 2.67 bits per heavy atom. The fraction of sp³-hybridized carbons (Fsp3) is 0.750. The lowest BCUT2D eigenvalue weighted by Crippen LogP contribution is -2.45. The molecular formula is C8H17N7. The van der Waals surface area contributed by atoms with Crippen LogP contribution in [-0.4, -0.2) is 31.7 Å². The molecule has 0 bridgehead atoms. The molecule has 0 spiro atoms. The molecule has 1 rings (SSSR count). The number of nitrogens with two attached hydrogens (primary N) is 1. The van der Waals surface area contributed by atoms with Crippen molar-refractivity contribution in [2.45, 2.75) is 32.9 Å². The van der Waals surface area contributed by atoms with Crippen LogP contribution in [0.15, 0.2) is 4.99 Å². The number of nitrogens with one attached hydrogen (secondary N) is 1. The maximum Gasteiger partial charge on any atom is 0.196 e. The van der Waals surface area contributed by atoms with Crippen molar-refractivity contribution in [3.05, 3.63) is 5.82 Å². The third-order valence-electron chi connectivity index (χ3n) is 1.44. The molecule has 7 nitrogen and oxygen atoms in total. The number of tetrazole rings is 1. The van der Waals surface area contributed by atoms with Gasteiger partial charge in [0.25, 0.3) is 0 Å². The average molecular weight is 211 g/mol. The Labute approximate surface area is 88.8 Å². The molecule has 0 saturated heterocycles. The van der Waals surface area contributed by atoms with E-state index in [9.17, 15) is 0 Å².